The minimum absolute atomic E-state index is 0.0740. The highest BCUT2D eigenvalue weighted by Gasteiger charge is 2.11. The number of hydrogen-bond donors (Lipinski definition) is 1. The molecule has 0 fully saturated rings. The lowest BCUT2D eigenvalue weighted by Crippen LogP contribution is -2.32. The van der Waals surface area contributed by atoms with E-state index in [2.05, 4.69) is 20.6 Å². The van der Waals surface area contributed by atoms with E-state index in [0.717, 1.165) is 5.56 Å². The van der Waals surface area contributed by atoms with Crippen LogP contribution < -0.4 is 14.8 Å². The number of nitrogens with one attached hydrogen (secondary N) is 1. The molecule has 9 heteroatoms. The molecular weight excluding hydrogens is 401 g/mol. The molecule has 0 radical (unpaired) electrons. The van der Waals surface area contributed by atoms with Gasteiger partial charge in [-0.2, -0.15) is 4.52 Å². The van der Waals surface area contributed by atoms with E-state index in [4.69, 9.17) is 9.47 Å². The summed E-state index contributed by atoms with van der Waals surface area (Å²) in [5, 5.41) is 15.3. The second-order valence-electron chi connectivity index (χ2n) is 6.78. The van der Waals surface area contributed by atoms with Gasteiger partial charge in [-0.3, -0.25) is 4.79 Å². The van der Waals surface area contributed by atoms with Crippen molar-refractivity contribution in [1.82, 2.24) is 25.1 Å². The maximum Gasteiger partial charge on any atom is 0.258 e. The van der Waals surface area contributed by atoms with E-state index in [1.807, 2.05) is 25.1 Å². The molecule has 1 N–H and O–H groups in total. The first-order valence-electron chi connectivity index (χ1n) is 9.66. The first kappa shape index (κ1) is 20.3. The van der Waals surface area contributed by atoms with Gasteiger partial charge in [-0.25, -0.2) is 4.39 Å². The molecule has 0 saturated carbocycles. The van der Waals surface area contributed by atoms with Gasteiger partial charge in [0, 0.05) is 11.6 Å². The van der Waals surface area contributed by atoms with Gasteiger partial charge in [-0.1, -0.05) is 12.1 Å². The Hall–Kier alpha value is -4.01. The fourth-order valence-electron chi connectivity index (χ4n) is 2.88. The average Bonchev–Trinajstić information content (AvgIpc) is 3.19. The van der Waals surface area contributed by atoms with Crippen molar-refractivity contribution in [1.29, 1.82) is 0 Å². The summed E-state index contributed by atoms with van der Waals surface area (Å²) >= 11 is 0. The molecule has 0 unspecified atom stereocenters. The summed E-state index contributed by atoms with van der Waals surface area (Å²) in [6.45, 7) is 2.40. The first-order valence-corrected chi connectivity index (χ1v) is 9.66. The maximum atomic E-state index is 13.2. The molecule has 31 heavy (non-hydrogen) atoms. The number of aryl methyl sites for hydroxylation is 1. The van der Waals surface area contributed by atoms with E-state index in [0.29, 0.717) is 35.2 Å². The molecule has 2 aromatic heterocycles. The Morgan fingerprint density at radius 3 is 2.71 bits per heavy atom. The smallest absolute Gasteiger partial charge is 0.258 e. The largest absolute Gasteiger partial charge is 0.484 e. The van der Waals surface area contributed by atoms with Gasteiger partial charge in [-0.15, -0.1) is 15.3 Å². The second-order valence-corrected chi connectivity index (χ2v) is 6.78. The Bertz CT molecular complexity index is 1190. The summed E-state index contributed by atoms with van der Waals surface area (Å²) in [6, 6.07) is 16.8. The van der Waals surface area contributed by atoms with Crippen LogP contribution in [-0.2, 0) is 4.79 Å². The Balaban J connectivity index is 1.29. The fraction of sp³-hybridized carbons (Fsp3) is 0.182. The molecule has 8 nitrogen and oxygen atoms in total. The normalized spacial score (nSPS) is 10.8. The molecule has 2 aromatic carbocycles. The lowest BCUT2D eigenvalue weighted by Gasteiger charge is -2.09. The minimum Gasteiger partial charge on any atom is -0.484 e. The molecular formula is C22H20FN5O3. The van der Waals surface area contributed by atoms with Crippen molar-refractivity contribution in [2.75, 3.05) is 19.8 Å². The van der Waals surface area contributed by atoms with Gasteiger partial charge in [0.1, 0.15) is 18.2 Å². The third kappa shape index (κ3) is 5.13. The average molecular weight is 421 g/mol. The van der Waals surface area contributed by atoms with Crippen LogP contribution in [0.25, 0.3) is 17.0 Å². The van der Waals surface area contributed by atoms with Crippen LogP contribution in [0.15, 0.2) is 60.7 Å². The van der Waals surface area contributed by atoms with Gasteiger partial charge in [0.2, 0.25) is 5.88 Å². The number of halogens is 1. The standard InChI is InChI=1S/C22H20FN5O3/c1-15-3-2-4-18(13-15)31-14-20(29)24-11-12-30-21-10-9-19-25-26-22(28(19)27-21)16-5-7-17(23)8-6-16/h2-10,13H,11-12,14H2,1H3,(H,24,29). The monoisotopic (exact) mass is 421 g/mol. The predicted molar refractivity (Wildman–Crippen MR) is 111 cm³/mol. The summed E-state index contributed by atoms with van der Waals surface area (Å²) in [4.78, 5) is 11.9. The molecule has 158 valence electrons. The number of fused-ring (bicyclic) bond motifs is 1. The van der Waals surface area contributed by atoms with E-state index in [1.165, 1.54) is 16.6 Å². The number of nitrogens with zero attached hydrogens (tertiary/aromatic N) is 4. The SMILES string of the molecule is Cc1cccc(OCC(=O)NCCOc2ccc3nnc(-c4ccc(F)cc4)n3n2)c1. The van der Waals surface area contributed by atoms with E-state index < -0.39 is 0 Å². The number of benzene rings is 2. The van der Waals surface area contributed by atoms with Gasteiger partial charge in [-0.05, 0) is 55.0 Å². The molecule has 0 aliphatic heterocycles. The van der Waals surface area contributed by atoms with E-state index in [9.17, 15) is 9.18 Å². The molecule has 0 spiro atoms. The number of carbonyl (C=O) groups is 1. The third-order valence-electron chi connectivity index (χ3n) is 4.37. The van der Waals surface area contributed by atoms with Crippen LogP contribution in [0.3, 0.4) is 0 Å². The Labute approximate surface area is 177 Å². The van der Waals surface area contributed by atoms with Gasteiger partial charge in [0.05, 0.1) is 6.54 Å². The zero-order valence-corrected chi connectivity index (χ0v) is 16.8. The molecule has 0 aliphatic carbocycles. The molecule has 2 heterocycles. The topological polar surface area (TPSA) is 90.6 Å². The van der Waals surface area contributed by atoms with Crippen LogP contribution >= 0.6 is 0 Å². The van der Waals surface area contributed by atoms with Gasteiger partial charge in [0.15, 0.2) is 18.1 Å². The molecule has 0 saturated heterocycles. The van der Waals surface area contributed by atoms with Crippen molar-refractivity contribution >= 4 is 11.6 Å². The van der Waals surface area contributed by atoms with Gasteiger partial charge >= 0.3 is 0 Å². The van der Waals surface area contributed by atoms with E-state index in [1.54, 1.807) is 30.3 Å². The van der Waals surface area contributed by atoms with Crippen LogP contribution in [0.2, 0.25) is 0 Å². The number of amides is 1. The summed E-state index contributed by atoms with van der Waals surface area (Å²) in [6.07, 6.45) is 0. The quantitative estimate of drug-likeness (QED) is 0.440. The summed E-state index contributed by atoms with van der Waals surface area (Å²) in [5.74, 6) is 0.893. The van der Waals surface area contributed by atoms with Crippen LogP contribution in [-0.4, -0.2) is 45.5 Å². The highest BCUT2D eigenvalue weighted by molar-refractivity contribution is 5.77. The number of hydrogen-bond acceptors (Lipinski definition) is 6. The lowest BCUT2D eigenvalue weighted by molar-refractivity contribution is -0.123. The Kier molecular flexibility index (Phi) is 6.02. The molecule has 0 bridgehead atoms. The predicted octanol–water partition coefficient (Wildman–Crippen LogP) is 2.81. The Morgan fingerprint density at radius 1 is 1.06 bits per heavy atom. The highest BCUT2D eigenvalue weighted by Crippen LogP contribution is 2.19. The zero-order chi connectivity index (χ0) is 21.6. The van der Waals surface area contributed by atoms with Crippen LogP contribution in [0.1, 0.15) is 5.56 Å². The van der Waals surface area contributed by atoms with E-state index >= 15 is 0 Å². The van der Waals surface area contributed by atoms with Crippen molar-refractivity contribution < 1.29 is 18.7 Å². The van der Waals surface area contributed by atoms with Crippen molar-refractivity contribution in [2.45, 2.75) is 6.92 Å². The number of rotatable bonds is 8. The van der Waals surface area contributed by atoms with Crippen LogP contribution in [0.5, 0.6) is 11.6 Å². The van der Waals surface area contributed by atoms with Crippen molar-refractivity contribution in [2.24, 2.45) is 0 Å². The van der Waals surface area contributed by atoms with E-state index in [-0.39, 0.29) is 24.9 Å². The summed E-state index contributed by atoms with van der Waals surface area (Å²) in [5.41, 5.74) is 2.28. The van der Waals surface area contributed by atoms with Crippen molar-refractivity contribution in [3.63, 3.8) is 0 Å². The van der Waals surface area contributed by atoms with Gasteiger partial charge in [0.25, 0.3) is 5.91 Å². The van der Waals surface area contributed by atoms with Crippen LogP contribution in [0, 0.1) is 12.7 Å². The number of carbonyl (C=O) groups excluding carboxylic acids is 1. The first-order chi connectivity index (χ1) is 15.1. The minimum atomic E-state index is -0.333. The second kappa shape index (κ2) is 9.21. The Morgan fingerprint density at radius 2 is 1.90 bits per heavy atom. The summed E-state index contributed by atoms with van der Waals surface area (Å²) in [7, 11) is 0. The molecule has 4 rings (SSSR count). The maximum absolute atomic E-state index is 13.2. The van der Waals surface area contributed by atoms with Crippen LogP contribution in [0.4, 0.5) is 4.39 Å². The van der Waals surface area contributed by atoms with Gasteiger partial charge < -0.3 is 14.8 Å². The molecule has 1 amide bonds. The van der Waals surface area contributed by atoms with Crippen molar-refractivity contribution in [3.05, 3.63) is 72.0 Å². The fourth-order valence-corrected chi connectivity index (χ4v) is 2.88. The lowest BCUT2D eigenvalue weighted by atomic mass is 10.2. The van der Waals surface area contributed by atoms with Crippen molar-refractivity contribution in [3.8, 4) is 23.0 Å². The number of ether oxygens (including phenoxy) is 2. The molecule has 4 aromatic rings. The zero-order valence-electron chi connectivity index (χ0n) is 16.8. The third-order valence-corrected chi connectivity index (χ3v) is 4.37. The highest BCUT2D eigenvalue weighted by atomic mass is 19.1. The summed E-state index contributed by atoms with van der Waals surface area (Å²) < 4.78 is 25.8. The number of aromatic nitrogens is 4. The molecule has 0 aliphatic rings. The molecule has 0 atom stereocenters.